The highest BCUT2D eigenvalue weighted by Crippen LogP contribution is 2.29. The number of nitrogens with one attached hydrogen (secondary N) is 2. The van der Waals surface area contributed by atoms with E-state index in [1.165, 1.54) is 0 Å². The largest absolute Gasteiger partial charge is 0.434 e. The summed E-state index contributed by atoms with van der Waals surface area (Å²) in [6, 6.07) is 1.86. The summed E-state index contributed by atoms with van der Waals surface area (Å²) >= 11 is 0.968. The van der Waals surface area contributed by atoms with Crippen molar-refractivity contribution in [3.63, 3.8) is 0 Å². The molecule has 2 aromatic rings. The molecule has 0 unspecified atom stereocenters. The van der Waals surface area contributed by atoms with Crippen LogP contribution >= 0.6 is 35.3 Å². The predicted octanol–water partition coefficient (Wildman–Crippen LogP) is 2.73. The lowest BCUT2D eigenvalue weighted by molar-refractivity contribution is -0.140. The van der Waals surface area contributed by atoms with Crippen LogP contribution in [0.25, 0.3) is 0 Å². The molecule has 0 saturated carbocycles. The molecule has 2 aromatic heterocycles. The lowest BCUT2D eigenvalue weighted by Gasteiger charge is -2.10. The van der Waals surface area contributed by atoms with Crippen LogP contribution < -0.4 is 10.6 Å². The molecule has 2 N–H and O–H groups in total. The lowest BCUT2D eigenvalue weighted by Crippen LogP contribution is -2.37. The lowest BCUT2D eigenvalue weighted by atomic mass is 10.4. The summed E-state index contributed by atoms with van der Waals surface area (Å²) in [6.07, 6.45) is 0.0456. The third-order valence-electron chi connectivity index (χ3n) is 2.89. The Morgan fingerprint density at radius 2 is 2.17 bits per heavy atom. The van der Waals surface area contributed by atoms with Crippen LogP contribution in [0.1, 0.15) is 17.1 Å². The number of alkyl halides is 3. The quantitative estimate of drug-likeness (QED) is 0.293. The Hall–Kier alpha value is -1.37. The second-order valence-corrected chi connectivity index (χ2v) is 5.54. The topological polar surface area (TPSA) is 67.1 Å². The number of rotatable bonds is 6. The van der Waals surface area contributed by atoms with Crippen molar-refractivity contribution in [2.45, 2.75) is 25.7 Å². The smallest absolute Gasteiger partial charge is 0.356 e. The first-order valence-corrected chi connectivity index (χ1v) is 7.80. The van der Waals surface area contributed by atoms with Crippen LogP contribution in [-0.2, 0) is 19.3 Å². The fraction of sp³-hybridized carbons (Fsp3) is 0.462. The summed E-state index contributed by atoms with van der Waals surface area (Å²) in [4.78, 5) is 7.57. The molecule has 2 rings (SSSR count). The van der Waals surface area contributed by atoms with E-state index in [-0.39, 0.29) is 30.5 Å². The molecule has 6 nitrogen and oxygen atoms in total. The summed E-state index contributed by atoms with van der Waals surface area (Å²) in [5, 5.41) is 11.5. The number of aromatic nitrogens is 3. The number of guanidine groups is 1. The normalized spacial score (nSPS) is 11.9. The molecule has 0 aliphatic rings. The molecule has 0 fully saturated rings. The van der Waals surface area contributed by atoms with Gasteiger partial charge in [-0.1, -0.05) is 0 Å². The van der Waals surface area contributed by atoms with E-state index < -0.39 is 11.9 Å². The van der Waals surface area contributed by atoms with E-state index in [2.05, 4.69) is 25.7 Å². The third kappa shape index (κ3) is 6.63. The molecular weight excluding hydrogens is 456 g/mol. The van der Waals surface area contributed by atoms with Gasteiger partial charge in [0, 0.05) is 37.9 Å². The molecule has 0 aliphatic carbocycles. The highest BCUT2D eigenvalue weighted by atomic mass is 127. The summed E-state index contributed by atoms with van der Waals surface area (Å²) in [7, 11) is 1.60. The molecule has 0 aliphatic heterocycles. The highest BCUT2D eigenvalue weighted by Gasteiger charge is 2.33. The molecule has 2 heterocycles. The number of hydrogen-bond acceptors (Lipinski definition) is 4. The van der Waals surface area contributed by atoms with Gasteiger partial charge in [-0.3, -0.25) is 9.67 Å². The van der Waals surface area contributed by atoms with Gasteiger partial charge in [0.15, 0.2) is 11.7 Å². The zero-order chi connectivity index (χ0) is 16.7. The molecule has 0 aromatic carbocycles. The van der Waals surface area contributed by atoms with Gasteiger partial charge in [0.05, 0.1) is 6.54 Å². The molecule has 0 spiro atoms. The first-order chi connectivity index (χ1) is 11.0. The number of thiazole rings is 1. The molecule has 0 amide bonds. The van der Waals surface area contributed by atoms with Crippen LogP contribution in [0.3, 0.4) is 0 Å². The van der Waals surface area contributed by atoms with Gasteiger partial charge in [-0.15, -0.1) is 35.3 Å². The fourth-order valence-electron chi connectivity index (χ4n) is 1.78. The summed E-state index contributed by atoms with van der Waals surface area (Å²) in [5.74, 6) is 0.522. The minimum atomic E-state index is -4.40. The maximum Gasteiger partial charge on any atom is 0.434 e. The van der Waals surface area contributed by atoms with E-state index in [1.807, 2.05) is 16.9 Å². The summed E-state index contributed by atoms with van der Waals surface area (Å²) < 4.78 is 39.2. The van der Waals surface area contributed by atoms with Crippen molar-refractivity contribution in [3.05, 3.63) is 34.5 Å². The van der Waals surface area contributed by atoms with Gasteiger partial charge in [0.25, 0.3) is 0 Å². The first-order valence-electron chi connectivity index (χ1n) is 6.92. The van der Waals surface area contributed by atoms with Crippen molar-refractivity contribution in [3.8, 4) is 0 Å². The van der Waals surface area contributed by atoms with Gasteiger partial charge in [-0.2, -0.15) is 18.3 Å². The van der Waals surface area contributed by atoms with Gasteiger partial charge in [0.2, 0.25) is 0 Å². The van der Waals surface area contributed by atoms with Crippen LogP contribution in [0, 0.1) is 0 Å². The number of nitrogens with zero attached hydrogens (tertiary/aromatic N) is 4. The fourth-order valence-corrected chi connectivity index (χ4v) is 2.52. The van der Waals surface area contributed by atoms with Gasteiger partial charge in [-0.05, 0) is 12.5 Å². The Balaban J connectivity index is 0.00000288. The van der Waals surface area contributed by atoms with Crippen molar-refractivity contribution in [2.75, 3.05) is 13.6 Å². The second-order valence-electron chi connectivity index (χ2n) is 4.60. The van der Waals surface area contributed by atoms with E-state index in [4.69, 9.17) is 0 Å². The summed E-state index contributed by atoms with van der Waals surface area (Å²) in [5.41, 5.74) is -0.860. The van der Waals surface area contributed by atoms with Crippen molar-refractivity contribution >= 4 is 41.3 Å². The average molecular weight is 474 g/mol. The van der Waals surface area contributed by atoms with E-state index in [0.29, 0.717) is 17.5 Å². The van der Waals surface area contributed by atoms with E-state index in [0.717, 1.165) is 29.7 Å². The number of hydrogen-bond donors (Lipinski definition) is 2. The maximum atomic E-state index is 12.5. The standard InChI is InChI=1S/C13H17F3N6S.HI/c1-17-12(18-4-2-6-22-7-3-5-20-22)19-8-11-21-10(9-23-11)13(14,15)16;/h3,5,7,9H,2,4,6,8H2,1H3,(H2,17,18,19);1H. The Morgan fingerprint density at radius 1 is 1.38 bits per heavy atom. The third-order valence-corrected chi connectivity index (χ3v) is 3.74. The Morgan fingerprint density at radius 3 is 2.75 bits per heavy atom. The maximum absolute atomic E-state index is 12.5. The average Bonchev–Trinajstić information content (AvgIpc) is 3.17. The molecular formula is C13H18F3IN6S. The minimum Gasteiger partial charge on any atom is -0.356 e. The number of aryl methyl sites for hydroxylation is 1. The van der Waals surface area contributed by atoms with Crippen LogP contribution in [0.15, 0.2) is 28.8 Å². The zero-order valence-electron chi connectivity index (χ0n) is 12.9. The molecule has 24 heavy (non-hydrogen) atoms. The van der Waals surface area contributed by atoms with Crippen LogP contribution in [0.2, 0.25) is 0 Å². The van der Waals surface area contributed by atoms with Crippen LogP contribution in [-0.4, -0.2) is 34.3 Å². The molecule has 0 saturated heterocycles. The monoisotopic (exact) mass is 474 g/mol. The van der Waals surface area contributed by atoms with E-state index in [1.54, 1.807) is 13.2 Å². The summed E-state index contributed by atoms with van der Waals surface area (Å²) in [6.45, 7) is 1.64. The Labute approximate surface area is 158 Å². The van der Waals surface area contributed by atoms with Gasteiger partial charge >= 0.3 is 6.18 Å². The van der Waals surface area contributed by atoms with E-state index >= 15 is 0 Å². The van der Waals surface area contributed by atoms with Crippen molar-refractivity contribution in [2.24, 2.45) is 4.99 Å². The number of halogens is 4. The van der Waals surface area contributed by atoms with Gasteiger partial charge in [-0.25, -0.2) is 4.98 Å². The van der Waals surface area contributed by atoms with Crippen molar-refractivity contribution < 1.29 is 13.2 Å². The predicted molar refractivity (Wildman–Crippen MR) is 97.6 cm³/mol. The Kier molecular flexibility index (Phi) is 8.45. The van der Waals surface area contributed by atoms with Crippen molar-refractivity contribution in [1.29, 1.82) is 0 Å². The first kappa shape index (κ1) is 20.7. The Bertz CT molecular complexity index is 626. The van der Waals surface area contributed by atoms with Crippen LogP contribution in [0.5, 0.6) is 0 Å². The minimum absolute atomic E-state index is 0. The molecule has 0 radical (unpaired) electrons. The van der Waals surface area contributed by atoms with E-state index in [9.17, 15) is 13.2 Å². The highest BCUT2D eigenvalue weighted by molar-refractivity contribution is 14.0. The molecule has 134 valence electrons. The zero-order valence-corrected chi connectivity index (χ0v) is 16.0. The van der Waals surface area contributed by atoms with Gasteiger partial charge in [0.1, 0.15) is 5.01 Å². The molecule has 0 bridgehead atoms. The van der Waals surface area contributed by atoms with Crippen molar-refractivity contribution in [1.82, 2.24) is 25.4 Å². The SMILES string of the molecule is CN=C(NCCCn1cccn1)NCc1nc(C(F)(F)F)cs1.I. The number of aliphatic imine (C=N–C) groups is 1. The van der Waals surface area contributed by atoms with Gasteiger partial charge < -0.3 is 10.6 Å². The molecule has 0 atom stereocenters. The molecule has 11 heteroatoms. The second kappa shape index (κ2) is 9.81. The van der Waals surface area contributed by atoms with Crippen LogP contribution in [0.4, 0.5) is 13.2 Å².